The number of nitrogens with one attached hydrogen (secondary N) is 1. The number of sulfonamides is 1. The van der Waals surface area contributed by atoms with Gasteiger partial charge in [-0.25, -0.2) is 13.2 Å². The molecule has 0 bridgehead atoms. The summed E-state index contributed by atoms with van der Waals surface area (Å²) in [5, 5.41) is 2.96. The van der Waals surface area contributed by atoms with Crippen LogP contribution in [0.1, 0.15) is 33.6 Å². The van der Waals surface area contributed by atoms with E-state index in [1.165, 1.54) is 8.87 Å². The topological polar surface area (TPSA) is 108 Å². The van der Waals surface area contributed by atoms with Crippen molar-refractivity contribution >= 4 is 38.4 Å². The molecule has 1 N–H and O–H groups in total. The highest BCUT2D eigenvalue weighted by atomic mass is 32.2. The minimum Gasteiger partial charge on any atom is -0.408 e. The van der Waals surface area contributed by atoms with Crippen LogP contribution in [0.5, 0.6) is 0 Å². The van der Waals surface area contributed by atoms with E-state index in [0.717, 1.165) is 38.4 Å². The first-order valence-electron chi connectivity index (χ1n) is 13.3. The van der Waals surface area contributed by atoms with Crippen molar-refractivity contribution in [3.63, 3.8) is 0 Å². The van der Waals surface area contributed by atoms with Gasteiger partial charge in [0.2, 0.25) is 15.9 Å². The number of aryl methyl sites for hydroxylation is 1. The molecular formula is C27H37N5O5S. The Morgan fingerprint density at radius 2 is 1.74 bits per heavy atom. The van der Waals surface area contributed by atoms with Gasteiger partial charge in [-0.2, -0.15) is 4.31 Å². The monoisotopic (exact) mass is 543 g/mol. The summed E-state index contributed by atoms with van der Waals surface area (Å²) in [5.74, 6) is -0.689. The number of amides is 1. The summed E-state index contributed by atoms with van der Waals surface area (Å²) in [7, 11) is -3.69. The van der Waals surface area contributed by atoms with Crippen LogP contribution in [-0.2, 0) is 21.4 Å². The Hall–Kier alpha value is -3.15. The summed E-state index contributed by atoms with van der Waals surface area (Å²) in [6, 6.07) is 12.2. The van der Waals surface area contributed by atoms with Crippen LogP contribution in [0.4, 0.5) is 11.4 Å². The molecule has 206 valence electrons. The Bertz CT molecular complexity index is 1420. The van der Waals surface area contributed by atoms with Crippen LogP contribution in [0.3, 0.4) is 0 Å². The zero-order chi connectivity index (χ0) is 27.3. The number of aromatic nitrogens is 1. The first kappa shape index (κ1) is 27.9. The van der Waals surface area contributed by atoms with Crippen molar-refractivity contribution in [1.82, 2.24) is 13.8 Å². The number of oxazole rings is 1. The Kier molecular flexibility index (Phi) is 8.91. The molecule has 1 aromatic heterocycles. The number of likely N-dealkylation sites (N-methyl/N-ethyl adjacent to an activating group) is 1. The van der Waals surface area contributed by atoms with E-state index in [2.05, 4.69) is 22.0 Å². The minimum absolute atomic E-state index is 0.156. The second-order valence-electron chi connectivity index (χ2n) is 9.33. The van der Waals surface area contributed by atoms with Gasteiger partial charge in [-0.3, -0.25) is 9.36 Å². The fraction of sp³-hybridized carbons (Fsp3) is 0.481. The van der Waals surface area contributed by atoms with Gasteiger partial charge >= 0.3 is 5.76 Å². The quantitative estimate of drug-likeness (QED) is 0.396. The molecular weight excluding hydrogens is 506 g/mol. The van der Waals surface area contributed by atoms with Crippen LogP contribution in [0.15, 0.2) is 56.6 Å². The second-order valence-corrected chi connectivity index (χ2v) is 11.3. The fourth-order valence-corrected chi connectivity index (χ4v) is 6.39. The fourth-order valence-electron chi connectivity index (χ4n) is 4.91. The zero-order valence-electron chi connectivity index (χ0n) is 22.4. The molecule has 0 radical (unpaired) electrons. The third kappa shape index (κ3) is 5.95. The minimum atomic E-state index is -3.69. The number of nitrogens with zero attached hydrogens (tertiary/aromatic N) is 4. The third-order valence-electron chi connectivity index (χ3n) is 7.10. The molecule has 1 saturated heterocycles. The van der Waals surface area contributed by atoms with Gasteiger partial charge in [-0.1, -0.05) is 32.9 Å². The average Bonchev–Trinajstić information content (AvgIpc) is 3.24. The number of piperazine rings is 1. The number of fused-ring (bicyclic) bond motifs is 1. The highest BCUT2D eigenvalue weighted by Crippen LogP contribution is 2.31. The summed E-state index contributed by atoms with van der Waals surface area (Å²) < 4.78 is 34.6. The van der Waals surface area contributed by atoms with Gasteiger partial charge in [0.25, 0.3) is 0 Å². The lowest BCUT2D eigenvalue weighted by Gasteiger charge is -2.36. The van der Waals surface area contributed by atoms with Crippen LogP contribution in [0.2, 0.25) is 0 Å². The molecule has 10 nitrogen and oxygen atoms in total. The lowest BCUT2D eigenvalue weighted by atomic mass is 10.2. The Labute approximate surface area is 223 Å². The summed E-state index contributed by atoms with van der Waals surface area (Å²) in [6.07, 6.45) is 0.596. The summed E-state index contributed by atoms with van der Waals surface area (Å²) in [5.41, 5.74) is 2.51. The predicted molar refractivity (Wildman–Crippen MR) is 149 cm³/mol. The molecule has 0 spiro atoms. The molecule has 3 aromatic rings. The van der Waals surface area contributed by atoms with Crippen LogP contribution in [0, 0.1) is 0 Å². The van der Waals surface area contributed by atoms with E-state index in [1.807, 2.05) is 12.1 Å². The average molecular weight is 544 g/mol. The highest BCUT2D eigenvalue weighted by Gasteiger charge is 2.25. The van der Waals surface area contributed by atoms with Crippen LogP contribution >= 0.6 is 0 Å². The van der Waals surface area contributed by atoms with Gasteiger partial charge in [0.1, 0.15) is 0 Å². The van der Waals surface area contributed by atoms with Crippen molar-refractivity contribution < 1.29 is 17.6 Å². The van der Waals surface area contributed by atoms with Crippen molar-refractivity contribution in [3.8, 4) is 0 Å². The molecule has 1 aliphatic heterocycles. The number of para-hydroxylation sites is 2. The highest BCUT2D eigenvalue weighted by molar-refractivity contribution is 7.89. The predicted octanol–water partition coefficient (Wildman–Crippen LogP) is 3.19. The SMILES string of the molecule is CCN1CCN(c2ccc(S(=O)(=O)N(CC)CC)cc2NC(=O)CCCn2c(=O)oc3ccccc32)CC1. The van der Waals surface area contributed by atoms with E-state index in [-0.39, 0.29) is 17.2 Å². The van der Waals surface area contributed by atoms with E-state index in [4.69, 9.17) is 4.42 Å². The van der Waals surface area contributed by atoms with Crippen LogP contribution in [0.25, 0.3) is 11.1 Å². The number of hydrogen-bond donors (Lipinski definition) is 1. The Balaban J connectivity index is 1.53. The van der Waals surface area contributed by atoms with E-state index >= 15 is 0 Å². The third-order valence-corrected chi connectivity index (χ3v) is 9.15. The number of carbonyl (C=O) groups is 1. The molecule has 1 amide bonds. The molecule has 2 heterocycles. The molecule has 38 heavy (non-hydrogen) atoms. The zero-order valence-corrected chi connectivity index (χ0v) is 23.2. The van der Waals surface area contributed by atoms with E-state index in [1.54, 1.807) is 44.2 Å². The normalized spacial score (nSPS) is 14.9. The second kappa shape index (κ2) is 12.1. The molecule has 0 saturated carbocycles. The number of hydrogen-bond acceptors (Lipinski definition) is 7. The molecule has 11 heteroatoms. The number of benzene rings is 2. The molecule has 1 aliphatic rings. The number of carbonyl (C=O) groups excluding carboxylic acids is 1. The first-order chi connectivity index (χ1) is 18.3. The number of rotatable bonds is 11. The van der Waals surface area contributed by atoms with Gasteiger partial charge in [0.15, 0.2) is 5.58 Å². The summed E-state index contributed by atoms with van der Waals surface area (Å²) >= 11 is 0. The largest absolute Gasteiger partial charge is 0.419 e. The van der Waals surface area contributed by atoms with Crippen molar-refractivity contribution in [3.05, 3.63) is 53.0 Å². The molecule has 0 aliphatic carbocycles. The maximum atomic E-state index is 13.2. The Morgan fingerprint density at radius 3 is 2.42 bits per heavy atom. The first-order valence-corrected chi connectivity index (χ1v) is 14.7. The maximum Gasteiger partial charge on any atom is 0.419 e. The molecule has 1 fully saturated rings. The van der Waals surface area contributed by atoms with Gasteiger partial charge in [0, 0.05) is 52.2 Å². The number of anilines is 2. The van der Waals surface area contributed by atoms with Gasteiger partial charge in [0.05, 0.1) is 21.8 Å². The molecule has 2 aromatic carbocycles. The van der Waals surface area contributed by atoms with Gasteiger partial charge in [-0.05, 0) is 43.3 Å². The van der Waals surface area contributed by atoms with E-state index < -0.39 is 15.8 Å². The van der Waals surface area contributed by atoms with E-state index in [9.17, 15) is 18.0 Å². The maximum absolute atomic E-state index is 13.2. The summed E-state index contributed by atoms with van der Waals surface area (Å²) in [4.78, 5) is 30.0. The Morgan fingerprint density at radius 1 is 1.03 bits per heavy atom. The van der Waals surface area contributed by atoms with Gasteiger partial charge in [-0.15, -0.1) is 0 Å². The summed E-state index contributed by atoms with van der Waals surface area (Å²) in [6.45, 7) is 11.2. The smallest absolute Gasteiger partial charge is 0.408 e. The van der Waals surface area contributed by atoms with Crippen molar-refractivity contribution in [2.45, 2.75) is 45.1 Å². The van der Waals surface area contributed by atoms with Crippen molar-refractivity contribution in [2.75, 3.05) is 56.0 Å². The van der Waals surface area contributed by atoms with Crippen molar-refractivity contribution in [2.24, 2.45) is 0 Å². The molecule has 0 unspecified atom stereocenters. The molecule has 0 atom stereocenters. The van der Waals surface area contributed by atoms with Crippen LogP contribution < -0.4 is 16.0 Å². The van der Waals surface area contributed by atoms with Gasteiger partial charge < -0.3 is 19.5 Å². The van der Waals surface area contributed by atoms with Crippen molar-refractivity contribution in [1.29, 1.82) is 0 Å². The van der Waals surface area contributed by atoms with Crippen LogP contribution in [-0.4, -0.2) is 73.9 Å². The lowest BCUT2D eigenvalue weighted by molar-refractivity contribution is -0.116. The molecule has 4 rings (SSSR count). The van der Waals surface area contributed by atoms with E-state index in [0.29, 0.717) is 42.8 Å². The lowest BCUT2D eigenvalue weighted by Crippen LogP contribution is -2.46. The standard InChI is InChI=1S/C27H37N5O5S/c1-4-29-16-18-30(19-17-29)23-14-13-21(38(35,36)31(5-2)6-3)20-22(23)28-26(33)12-9-15-32-24-10-7-8-11-25(24)37-27(32)34/h7-8,10-11,13-14,20H,4-6,9,12,15-19H2,1-3H3,(H,28,33).